The van der Waals surface area contributed by atoms with E-state index in [-0.39, 0.29) is 23.8 Å². The van der Waals surface area contributed by atoms with Crippen molar-refractivity contribution in [3.05, 3.63) is 106 Å². The third-order valence-electron chi connectivity index (χ3n) is 4.26. The van der Waals surface area contributed by atoms with E-state index in [1.807, 2.05) is 6.07 Å². The van der Waals surface area contributed by atoms with Crippen molar-refractivity contribution < 1.29 is 13.6 Å². The van der Waals surface area contributed by atoms with Crippen molar-refractivity contribution in [3.63, 3.8) is 0 Å². The van der Waals surface area contributed by atoms with Crippen LogP contribution < -0.4 is 10.4 Å². The van der Waals surface area contributed by atoms with Gasteiger partial charge in [0.25, 0.3) is 5.56 Å². The van der Waals surface area contributed by atoms with Gasteiger partial charge in [0.05, 0.1) is 10.9 Å². The second kappa shape index (κ2) is 8.45. The van der Waals surface area contributed by atoms with Crippen molar-refractivity contribution in [2.24, 2.45) is 0 Å². The summed E-state index contributed by atoms with van der Waals surface area (Å²) in [6.07, 6.45) is 0. The molecule has 0 unspecified atom stereocenters. The van der Waals surface area contributed by atoms with Crippen molar-refractivity contribution in [1.29, 1.82) is 0 Å². The average Bonchev–Trinajstić information content (AvgIpc) is 2.74. The topological polar surface area (TPSA) is 44.1 Å². The van der Waals surface area contributed by atoms with E-state index in [9.17, 15) is 13.6 Å². The average molecular weight is 410 g/mol. The lowest BCUT2D eigenvalue weighted by atomic mass is 10.2. The number of benzene rings is 3. The fraction of sp³-hybridized carbons (Fsp3) is 0.0909. The number of nitrogens with zero attached hydrogens (tertiary/aromatic N) is 2. The Morgan fingerprint density at radius 2 is 1.48 bits per heavy atom. The molecule has 0 bridgehead atoms. The first-order valence-corrected chi connectivity index (χ1v) is 9.85. The minimum atomic E-state index is -0.339. The van der Waals surface area contributed by atoms with Crippen LogP contribution in [0.2, 0.25) is 0 Å². The number of hydrogen-bond donors (Lipinski definition) is 0. The molecule has 0 spiro atoms. The molecule has 0 saturated heterocycles. The maximum Gasteiger partial charge on any atom is 0.295 e. The maximum absolute atomic E-state index is 13.1. The van der Waals surface area contributed by atoms with Gasteiger partial charge in [-0.2, -0.15) is 0 Å². The van der Waals surface area contributed by atoms with Crippen LogP contribution in [-0.2, 0) is 12.4 Å². The van der Waals surface area contributed by atoms with E-state index in [0.717, 1.165) is 11.1 Å². The van der Waals surface area contributed by atoms with Crippen LogP contribution in [-0.4, -0.2) is 9.71 Å². The minimum absolute atomic E-state index is 0.0876. The fourth-order valence-corrected chi connectivity index (χ4v) is 3.65. The number of rotatable bonds is 6. The lowest BCUT2D eigenvalue weighted by Gasteiger charge is -2.14. The molecule has 1 aromatic heterocycles. The molecule has 0 radical (unpaired) electrons. The van der Waals surface area contributed by atoms with Gasteiger partial charge in [-0.25, -0.2) is 13.8 Å². The van der Waals surface area contributed by atoms with Gasteiger partial charge in [0, 0.05) is 5.75 Å². The Hall–Kier alpha value is -3.19. The van der Waals surface area contributed by atoms with Gasteiger partial charge in [-0.1, -0.05) is 48.2 Å². The zero-order valence-corrected chi connectivity index (χ0v) is 16.0. The van der Waals surface area contributed by atoms with Crippen molar-refractivity contribution in [2.75, 3.05) is 0 Å². The first-order valence-electron chi connectivity index (χ1n) is 8.87. The minimum Gasteiger partial charge on any atom is -0.403 e. The maximum atomic E-state index is 13.1. The van der Waals surface area contributed by atoms with Crippen molar-refractivity contribution in [2.45, 2.75) is 17.5 Å². The molecule has 0 aliphatic heterocycles. The molecule has 7 heteroatoms. The highest BCUT2D eigenvalue weighted by Gasteiger charge is 2.13. The number of thioether (sulfide) groups is 1. The SMILES string of the molecule is O=c1c2ccccc2nc(SCc2ccc(F)cc2)n1OCc1ccc(F)cc1. The third kappa shape index (κ3) is 4.46. The molecule has 4 nitrogen and oxygen atoms in total. The molecule has 29 heavy (non-hydrogen) atoms. The van der Waals surface area contributed by atoms with E-state index in [1.54, 1.807) is 42.5 Å². The lowest BCUT2D eigenvalue weighted by molar-refractivity contribution is 0.0682. The predicted octanol–water partition coefficient (Wildman–Crippen LogP) is 4.60. The van der Waals surface area contributed by atoms with Crippen molar-refractivity contribution in [1.82, 2.24) is 9.71 Å². The summed E-state index contributed by atoms with van der Waals surface area (Å²) in [5.74, 6) is -0.152. The van der Waals surface area contributed by atoms with Gasteiger partial charge >= 0.3 is 0 Å². The first-order chi connectivity index (χ1) is 14.1. The molecule has 0 amide bonds. The zero-order valence-electron chi connectivity index (χ0n) is 15.2. The zero-order chi connectivity index (χ0) is 20.2. The van der Waals surface area contributed by atoms with Crippen LogP contribution in [0.25, 0.3) is 10.9 Å². The number of halogens is 2. The molecule has 1 heterocycles. The van der Waals surface area contributed by atoms with Crippen LogP contribution in [0.15, 0.2) is 82.7 Å². The summed E-state index contributed by atoms with van der Waals surface area (Å²) in [5.41, 5.74) is 1.87. The van der Waals surface area contributed by atoms with Gasteiger partial charge in [-0.3, -0.25) is 4.79 Å². The Kier molecular flexibility index (Phi) is 5.57. The highest BCUT2D eigenvalue weighted by molar-refractivity contribution is 7.98. The molecule has 146 valence electrons. The van der Waals surface area contributed by atoms with E-state index in [4.69, 9.17) is 4.84 Å². The molecule has 0 N–H and O–H groups in total. The summed E-state index contributed by atoms with van der Waals surface area (Å²) in [6, 6.07) is 19.1. The molecular formula is C22H16F2N2O2S. The van der Waals surface area contributed by atoms with E-state index in [2.05, 4.69) is 4.98 Å². The Balaban J connectivity index is 1.65. The van der Waals surface area contributed by atoms with Gasteiger partial charge in [-0.15, -0.1) is 4.73 Å². The van der Waals surface area contributed by atoms with Crippen LogP contribution in [0.4, 0.5) is 8.78 Å². The van der Waals surface area contributed by atoms with Gasteiger partial charge in [0.15, 0.2) is 0 Å². The molecule has 0 saturated carbocycles. The van der Waals surface area contributed by atoms with Crippen molar-refractivity contribution in [3.8, 4) is 0 Å². The number of hydrogen-bond acceptors (Lipinski definition) is 4. The standard InChI is InChI=1S/C22H16F2N2O2S/c23-17-9-5-15(6-10-17)13-28-26-21(27)19-3-1-2-4-20(19)25-22(26)29-14-16-7-11-18(24)12-8-16/h1-12H,13-14H2. The molecule has 4 aromatic rings. The summed E-state index contributed by atoms with van der Waals surface area (Å²) in [5, 5.41) is 0.831. The normalized spacial score (nSPS) is 11.0. The number of aromatic nitrogens is 2. The predicted molar refractivity (Wildman–Crippen MR) is 109 cm³/mol. The molecule has 0 aliphatic rings. The first kappa shape index (κ1) is 19.1. The van der Waals surface area contributed by atoms with Crippen molar-refractivity contribution >= 4 is 22.7 Å². The second-order valence-corrected chi connectivity index (χ2v) is 7.27. The van der Waals surface area contributed by atoms with Crippen LogP contribution in [0.3, 0.4) is 0 Å². The smallest absolute Gasteiger partial charge is 0.295 e. The quantitative estimate of drug-likeness (QED) is 0.344. The molecular weight excluding hydrogens is 394 g/mol. The van der Waals surface area contributed by atoms with Crippen LogP contribution in [0.1, 0.15) is 11.1 Å². The summed E-state index contributed by atoms with van der Waals surface area (Å²) in [4.78, 5) is 23.3. The molecule has 0 fully saturated rings. The number of fused-ring (bicyclic) bond motifs is 1. The third-order valence-corrected chi connectivity index (χ3v) is 5.26. The van der Waals surface area contributed by atoms with Gasteiger partial charge in [0.2, 0.25) is 5.16 Å². The number of para-hydroxylation sites is 1. The van der Waals surface area contributed by atoms with E-state index >= 15 is 0 Å². The summed E-state index contributed by atoms with van der Waals surface area (Å²) >= 11 is 1.32. The summed E-state index contributed by atoms with van der Waals surface area (Å²) < 4.78 is 27.4. The monoisotopic (exact) mass is 410 g/mol. The molecule has 3 aromatic carbocycles. The Bertz CT molecular complexity index is 1190. The summed E-state index contributed by atoms with van der Waals surface area (Å²) in [7, 11) is 0. The second-order valence-electron chi connectivity index (χ2n) is 6.33. The Labute approximate surface area is 169 Å². The van der Waals surface area contributed by atoms with Gasteiger partial charge in [0.1, 0.15) is 18.2 Å². The van der Waals surface area contributed by atoms with E-state index < -0.39 is 0 Å². The molecule has 4 rings (SSSR count). The van der Waals surface area contributed by atoms with E-state index in [0.29, 0.717) is 21.8 Å². The Morgan fingerprint density at radius 1 is 0.862 bits per heavy atom. The molecule has 0 atom stereocenters. The van der Waals surface area contributed by atoms with Gasteiger partial charge < -0.3 is 4.84 Å². The van der Waals surface area contributed by atoms with Crippen LogP contribution >= 0.6 is 11.8 Å². The lowest BCUT2D eigenvalue weighted by Crippen LogP contribution is -2.29. The van der Waals surface area contributed by atoms with E-state index in [1.165, 1.54) is 40.8 Å². The Morgan fingerprint density at radius 3 is 2.17 bits per heavy atom. The largest absolute Gasteiger partial charge is 0.403 e. The summed E-state index contributed by atoms with van der Waals surface area (Å²) in [6.45, 7) is 0.0876. The van der Waals surface area contributed by atoms with Crippen LogP contribution in [0, 0.1) is 11.6 Å². The van der Waals surface area contributed by atoms with Crippen LogP contribution in [0.5, 0.6) is 0 Å². The van der Waals surface area contributed by atoms with Gasteiger partial charge in [-0.05, 0) is 47.5 Å². The molecule has 0 aliphatic carbocycles. The fourth-order valence-electron chi connectivity index (χ4n) is 2.75. The highest BCUT2D eigenvalue weighted by Crippen LogP contribution is 2.22. The highest BCUT2D eigenvalue weighted by atomic mass is 32.2.